The molecule has 0 heterocycles. The van der Waals surface area contributed by atoms with Gasteiger partial charge in [0, 0.05) is 6.04 Å². The van der Waals surface area contributed by atoms with E-state index in [1.54, 1.807) is 31.2 Å². The van der Waals surface area contributed by atoms with Gasteiger partial charge in [-0.15, -0.1) is 0 Å². The number of carbonyl (C=O) groups is 1. The van der Waals surface area contributed by atoms with Gasteiger partial charge in [0.15, 0.2) is 0 Å². The number of carbonyl (C=O) groups excluding carboxylic acids is 1. The van der Waals surface area contributed by atoms with Crippen LogP contribution in [0.3, 0.4) is 0 Å². The second-order valence-corrected chi connectivity index (χ2v) is 8.73. The Balaban J connectivity index is 2.06. The van der Waals surface area contributed by atoms with Crippen LogP contribution in [0.5, 0.6) is 5.75 Å². The molecule has 2 atom stereocenters. The highest BCUT2D eigenvalue weighted by molar-refractivity contribution is 7.92. The van der Waals surface area contributed by atoms with E-state index in [-0.39, 0.29) is 11.9 Å². The molecule has 0 aromatic heterocycles. The van der Waals surface area contributed by atoms with Gasteiger partial charge >= 0.3 is 0 Å². The fourth-order valence-electron chi connectivity index (χ4n) is 3.00. The van der Waals surface area contributed by atoms with Crippen LogP contribution in [0.1, 0.15) is 25.8 Å². The first-order valence-corrected chi connectivity index (χ1v) is 11.0. The average molecular weight is 405 g/mol. The van der Waals surface area contributed by atoms with Crippen molar-refractivity contribution in [2.45, 2.75) is 38.8 Å². The summed E-state index contributed by atoms with van der Waals surface area (Å²) in [7, 11) is -2.10. The van der Waals surface area contributed by atoms with Crippen LogP contribution in [0.4, 0.5) is 5.69 Å². The van der Waals surface area contributed by atoms with Crippen molar-refractivity contribution in [2.75, 3.05) is 17.7 Å². The van der Waals surface area contributed by atoms with Crippen molar-refractivity contribution in [3.8, 4) is 5.75 Å². The monoisotopic (exact) mass is 404 g/mol. The summed E-state index contributed by atoms with van der Waals surface area (Å²) in [5.41, 5.74) is 1.62. The van der Waals surface area contributed by atoms with Gasteiger partial charge in [0.05, 0.1) is 19.1 Å². The molecule has 152 valence electrons. The Morgan fingerprint density at radius 3 is 2.21 bits per heavy atom. The number of benzene rings is 2. The van der Waals surface area contributed by atoms with Crippen LogP contribution in [0, 0.1) is 0 Å². The van der Waals surface area contributed by atoms with E-state index < -0.39 is 16.1 Å². The Labute approximate surface area is 167 Å². The van der Waals surface area contributed by atoms with Crippen LogP contribution in [0.25, 0.3) is 0 Å². The van der Waals surface area contributed by atoms with Gasteiger partial charge in [0.25, 0.3) is 0 Å². The Hall–Kier alpha value is -2.54. The number of amides is 1. The molecule has 28 heavy (non-hydrogen) atoms. The van der Waals surface area contributed by atoms with Crippen LogP contribution < -0.4 is 14.4 Å². The standard InChI is InChI=1S/C21H28N2O4S/c1-16(10-11-18-8-6-5-7-9-18)22-21(24)17(2)23(28(4,25)26)19-12-14-20(27-3)15-13-19/h5-9,12-17H,10-11H2,1-4H3,(H,22,24)/t16-,17-/m1/s1. The summed E-state index contributed by atoms with van der Waals surface area (Å²) in [5.74, 6) is 0.283. The second-order valence-electron chi connectivity index (χ2n) is 6.87. The number of sulfonamides is 1. The number of hydrogen-bond donors (Lipinski definition) is 1. The fourth-order valence-corrected chi connectivity index (χ4v) is 4.18. The Morgan fingerprint density at radius 2 is 1.68 bits per heavy atom. The van der Waals surface area contributed by atoms with Gasteiger partial charge < -0.3 is 10.1 Å². The second kappa shape index (κ2) is 9.59. The van der Waals surface area contributed by atoms with Gasteiger partial charge in [-0.05, 0) is 56.5 Å². The first kappa shape index (κ1) is 21.8. The van der Waals surface area contributed by atoms with Crippen molar-refractivity contribution in [1.82, 2.24) is 5.32 Å². The summed E-state index contributed by atoms with van der Waals surface area (Å²) in [4.78, 5) is 12.7. The lowest BCUT2D eigenvalue weighted by molar-refractivity contribution is -0.122. The summed E-state index contributed by atoms with van der Waals surface area (Å²) >= 11 is 0. The number of rotatable bonds is 9. The predicted octanol–water partition coefficient (Wildman–Crippen LogP) is 2.99. The molecule has 0 unspecified atom stereocenters. The normalized spacial score (nSPS) is 13.4. The molecule has 6 nitrogen and oxygen atoms in total. The van der Waals surface area contributed by atoms with Crippen LogP contribution in [0.15, 0.2) is 54.6 Å². The lowest BCUT2D eigenvalue weighted by Gasteiger charge is -2.29. The molecule has 0 aliphatic rings. The van der Waals surface area contributed by atoms with Crippen molar-refractivity contribution < 1.29 is 17.9 Å². The molecule has 1 amide bonds. The van der Waals surface area contributed by atoms with E-state index >= 15 is 0 Å². The third-order valence-electron chi connectivity index (χ3n) is 4.51. The molecule has 0 fully saturated rings. The van der Waals surface area contributed by atoms with Gasteiger partial charge in [-0.3, -0.25) is 9.10 Å². The maximum absolute atomic E-state index is 12.7. The first-order chi connectivity index (χ1) is 13.2. The van der Waals surface area contributed by atoms with E-state index in [4.69, 9.17) is 4.74 Å². The van der Waals surface area contributed by atoms with Crippen molar-refractivity contribution in [3.05, 3.63) is 60.2 Å². The molecule has 0 spiro atoms. The van der Waals surface area contributed by atoms with Crippen molar-refractivity contribution >= 4 is 21.6 Å². The highest BCUT2D eigenvalue weighted by Crippen LogP contribution is 2.24. The summed E-state index contributed by atoms with van der Waals surface area (Å²) < 4.78 is 30.9. The van der Waals surface area contributed by atoms with Crippen LogP contribution in [0.2, 0.25) is 0 Å². The van der Waals surface area contributed by atoms with E-state index in [0.717, 1.165) is 23.4 Å². The molecular weight excluding hydrogens is 376 g/mol. The summed E-state index contributed by atoms with van der Waals surface area (Å²) in [6.45, 7) is 3.51. The molecule has 1 N–H and O–H groups in total. The number of methoxy groups -OCH3 is 1. The Bertz CT molecular complexity index is 867. The zero-order valence-electron chi connectivity index (χ0n) is 16.8. The Morgan fingerprint density at radius 1 is 1.07 bits per heavy atom. The molecule has 0 saturated heterocycles. The summed E-state index contributed by atoms with van der Waals surface area (Å²) in [6, 6.07) is 15.7. The van der Waals surface area contributed by atoms with E-state index in [9.17, 15) is 13.2 Å². The van der Waals surface area contributed by atoms with Crippen LogP contribution in [-0.2, 0) is 21.2 Å². The topological polar surface area (TPSA) is 75.7 Å². The number of nitrogens with one attached hydrogen (secondary N) is 1. The minimum absolute atomic E-state index is 0.0765. The van der Waals surface area contributed by atoms with E-state index in [1.165, 1.54) is 12.7 Å². The van der Waals surface area contributed by atoms with Gasteiger partial charge in [0.2, 0.25) is 15.9 Å². The zero-order chi connectivity index (χ0) is 20.7. The molecular formula is C21H28N2O4S. The highest BCUT2D eigenvalue weighted by atomic mass is 32.2. The average Bonchev–Trinajstić information content (AvgIpc) is 2.66. The first-order valence-electron chi connectivity index (χ1n) is 9.20. The van der Waals surface area contributed by atoms with Crippen LogP contribution >= 0.6 is 0 Å². The molecule has 7 heteroatoms. The summed E-state index contributed by atoms with van der Waals surface area (Å²) in [6.07, 6.45) is 2.70. The lowest BCUT2D eigenvalue weighted by Crippen LogP contribution is -2.49. The molecule has 0 aliphatic carbocycles. The summed E-state index contributed by atoms with van der Waals surface area (Å²) in [5, 5.41) is 2.93. The molecule has 2 aromatic carbocycles. The maximum atomic E-state index is 12.7. The molecule has 0 saturated carbocycles. The molecule has 0 radical (unpaired) electrons. The van der Waals surface area contributed by atoms with Gasteiger partial charge in [-0.1, -0.05) is 30.3 Å². The van der Waals surface area contributed by atoms with E-state index in [0.29, 0.717) is 11.4 Å². The largest absolute Gasteiger partial charge is 0.497 e. The lowest BCUT2D eigenvalue weighted by atomic mass is 10.1. The number of ether oxygens (including phenoxy) is 1. The van der Waals surface area contributed by atoms with Gasteiger partial charge in [0.1, 0.15) is 11.8 Å². The minimum Gasteiger partial charge on any atom is -0.497 e. The number of aryl methyl sites for hydroxylation is 1. The van der Waals surface area contributed by atoms with Crippen LogP contribution in [-0.4, -0.2) is 39.8 Å². The van der Waals surface area contributed by atoms with Crippen molar-refractivity contribution in [2.24, 2.45) is 0 Å². The Kier molecular flexibility index (Phi) is 7.45. The quantitative estimate of drug-likeness (QED) is 0.697. The molecule has 0 aliphatic heterocycles. The van der Waals surface area contributed by atoms with Gasteiger partial charge in [-0.2, -0.15) is 0 Å². The smallest absolute Gasteiger partial charge is 0.243 e. The van der Waals surface area contributed by atoms with Crippen molar-refractivity contribution in [3.63, 3.8) is 0 Å². The molecule has 2 rings (SSSR count). The minimum atomic E-state index is -3.64. The molecule has 0 bridgehead atoms. The SMILES string of the molecule is COc1ccc(N([C@H](C)C(=O)N[C@H](C)CCc2ccccc2)S(C)(=O)=O)cc1. The molecule has 2 aromatic rings. The zero-order valence-corrected chi connectivity index (χ0v) is 17.6. The maximum Gasteiger partial charge on any atom is 0.243 e. The van der Waals surface area contributed by atoms with Gasteiger partial charge in [-0.25, -0.2) is 8.42 Å². The number of anilines is 1. The third-order valence-corrected chi connectivity index (χ3v) is 5.75. The highest BCUT2D eigenvalue weighted by Gasteiger charge is 2.29. The van der Waals surface area contributed by atoms with E-state index in [2.05, 4.69) is 5.32 Å². The predicted molar refractivity (Wildman–Crippen MR) is 112 cm³/mol. The van der Waals surface area contributed by atoms with Crippen molar-refractivity contribution in [1.29, 1.82) is 0 Å². The number of hydrogen-bond acceptors (Lipinski definition) is 4. The fraction of sp³-hybridized carbons (Fsp3) is 0.381. The number of nitrogens with zero attached hydrogens (tertiary/aromatic N) is 1. The van der Waals surface area contributed by atoms with E-state index in [1.807, 2.05) is 37.3 Å². The third kappa shape index (κ3) is 5.99.